The van der Waals surface area contributed by atoms with Gasteiger partial charge >= 0.3 is 0 Å². The Morgan fingerprint density at radius 1 is 1.25 bits per heavy atom. The lowest BCUT2D eigenvalue weighted by Crippen LogP contribution is -2.45. The lowest BCUT2D eigenvalue weighted by atomic mass is 9.89. The molecule has 5 heteroatoms. The number of ether oxygens (including phenoxy) is 1. The van der Waals surface area contributed by atoms with Crippen molar-refractivity contribution in [1.29, 1.82) is 0 Å². The molecule has 1 aromatic heterocycles. The number of aryl methyl sites for hydroxylation is 2. The maximum absolute atomic E-state index is 12.8. The summed E-state index contributed by atoms with van der Waals surface area (Å²) in [6.07, 6.45) is 0.978. The second kappa shape index (κ2) is 5.23. The number of furan rings is 1. The molecule has 1 saturated heterocycles. The monoisotopic (exact) mass is 325 g/mol. The quantitative estimate of drug-likeness (QED) is 0.808. The zero-order chi connectivity index (χ0) is 16.9. The normalized spacial score (nSPS) is 22.6. The van der Waals surface area contributed by atoms with Gasteiger partial charge in [-0.05, 0) is 32.0 Å². The number of hydrogen-bond acceptors (Lipinski definition) is 4. The minimum Gasteiger partial charge on any atom is -0.484 e. The van der Waals surface area contributed by atoms with Crippen LogP contribution in [0.1, 0.15) is 45.1 Å². The summed E-state index contributed by atoms with van der Waals surface area (Å²) in [6, 6.07) is 9.08. The van der Waals surface area contributed by atoms with Crippen molar-refractivity contribution in [2.75, 3.05) is 13.1 Å². The van der Waals surface area contributed by atoms with E-state index >= 15 is 0 Å². The largest absolute Gasteiger partial charge is 0.484 e. The third-order valence-corrected chi connectivity index (χ3v) is 4.87. The molecule has 1 amide bonds. The van der Waals surface area contributed by atoms with E-state index in [0.717, 1.165) is 5.76 Å². The number of likely N-dealkylation sites (tertiary alicyclic amines) is 1. The number of para-hydroxylation sites is 1. The van der Waals surface area contributed by atoms with Crippen LogP contribution in [-0.2, 0) is 0 Å². The van der Waals surface area contributed by atoms with Gasteiger partial charge in [-0.15, -0.1) is 0 Å². The molecule has 124 valence electrons. The van der Waals surface area contributed by atoms with Gasteiger partial charge in [-0.3, -0.25) is 9.59 Å². The van der Waals surface area contributed by atoms with Gasteiger partial charge in [-0.25, -0.2) is 0 Å². The molecule has 0 saturated carbocycles. The first-order chi connectivity index (χ1) is 11.5. The highest BCUT2D eigenvalue weighted by Crippen LogP contribution is 2.39. The summed E-state index contributed by atoms with van der Waals surface area (Å²) < 4.78 is 11.6. The van der Waals surface area contributed by atoms with E-state index in [4.69, 9.17) is 9.15 Å². The first-order valence-corrected chi connectivity index (χ1v) is 8.15. The second-order valence-corrected chi connectivity index (χ2v) is 6.68. The first-order valence-electron chi connectivity index (χ1n) is 8.15. The van der Waals surface area contributed by atoms with Gasteiger partial charge in [0.15, 0.2) is 5.78 Å². The van der Waals surface area contributed by atoms with E-state index < -0.39 is 5.60 Å². The molecule has 2 aliphatic rings. The van der Waals surface area contributed by atoms with E-state index in [2.05, 4.69) is 0 Å². The molecule has 2 aromatic rings. The number of fused-ring (bicyclic) bond motifs is 1. The van der Waals surface area contributed by atoms with E-state index in [1.165, 1.54) is 0 Å². The first kappa shape index (κ1) is 15.0. The Morgan fingerprint density at radius 3 is 2.79 bits per heavy atom. The number of nitrogens with zero attached hydrogens (tertiary/aromatic N) is 1. The van der Waals surface area contributed by atoms with Crippen molar-refractivity contribution >= 4 is 11.7 Å². The van der Waals surface area contributed by atoms with Crippen LogP contribution in [0.4, 0.5) is 0 Å². The number of amides is 1. The molecule has 0 aliphatic carbocycles. The standard InChI is InChI=1S/C19H19NO4/c1-12-9-15(13(2)23-12)18(22)20-8-7-19(11-20)10-16(21)14-5-3-4-6-17(14)24-19/h3-6,9H,7-8,10-11H2,1-2H3/t19-/m0/s1. The van der Waals surface area contributed by atoms with Gasteiger partial charge in [0.1, 0.15) is 22.9 Å². The molecular formula is C19H19NO4. The molecule has 3 heterocycles. The summed E-state index contributed by atoms with van der Waals surface area (Å²) in [5, 5.41) is 0. The van der Waals surface area contributed by atoms with Crippen molar-refractivity contribution in [2.45, 2.75) is 32.3 Å². The summed E-state index contributed by atoms with van der Waals surface area (Å²) in [4.78, 5) is 27.0. The molecular weight excluding hydrogens is 306 g/mol. The summed E-state index contributed by atoms with van der Waals surface area (Å²) in [7, 11) is 0. The Kier molecular flexibility index (Phi) is 3.27. The van der Waals surface area contributed by atoms with Crippen LogP contribution in [0.2, 0.25) is 0 Å². The Balaban J connectivity index is 1.58. The molecule has 1 fully saturated rings. The summed E-state index contributed by atoms with van der Waals surface area (Å²) >= 11 is 0. The van der Waals surface area contributed by atoms with E-state index in [0.29, 0.717) is 48.6 Å². The average Bonchev–Trinajstić information content (AvgIpc) is 3.10. The van der Waals surface area contributed by atoms with Crippen LogP contribution in [0.25, 0.3) is 0 Å². The van der Waals surface area contributed by atoms with Crippen LogP contribution in [0.5, 0.6) is 5.75 Å². The van der Waals surface area contributed by atoms with Crippen molar-refractivity contribution < 1.29 is 18.7 Å². The third-order valence-electron chi connectivity index (χ3n) is 4.87. The maximum atomic E-state index is 12.8. The van der Waals surface area contributed by atoms with Crippen LogP contribution in [0.3, 0.4) is 0 Å². The molecule has 0 bridgehead atoms. The molecule has 0 radical (unpaired) electrons. The highest BCUT2D eigenvalue weighted by Gasteiger charge is 2.47. The minimum absolute atomic E-state index is 0.0591. The van der Waals surface area contributed by atoms with Crippen LogP contribution in [0, 0.1) is 13.8 Å². The number of Topliss-reactive ketones (excluding diaryl/α,β-unsaturated/α-hetero) is 1. The van der Waals surface area contributed by atoms with Crippen molar-refractivity contribution in [3.05, 3.63) is 53.0 Å². The Labute approximate surface area is 140 Å². The number of carbonyl (C=O) groups is 2. The fraction of sp³-hybridized carbons (Fsp3) is 0.368. The van der Waals surface area contributed by atoms with Crippen molar-refractivity contribution in [3.8, 4) is 5.75 Å². The van der Waals surface area contributed by atoms with Gasteiger partial charge in [0.2, 0.25) is 0 Å². The van der Waals surface area contributed by atoms with Crippen LogP contribution in [0.15, 0.2) is 34.7 Å². The molecule has 5 nitrogen and oxygen atoms in total. The molecule has 24 heavy (non-hydrogen) atoms. The van der Waals surface area contributed by atoms with E-state index in [1.54, 1.807) is 24.0 Å². The van der Waals surface area contributed by atoms with Crippen molar-refractivity contribution in [1.82, 2.24) is 4.90 Å². The number of ketones is 1. The number of benzene rings is 1. The number of carbonyl (C=O) groups excluding carboxylic acids is 2. The third kappa shape index (κ3) is 2.31. The highest BCUT2D eigenvalue weighted by molar-refractivity contribution is 6.00. The van der Waals surface area contributed by atoms with Crippen LogP contribution in [-0.4, -0.2) is 35.3 Å². The molecule has 1 aromatic carbocycles. The average molecular weight is 325 g/mol. The molecule has 1 atom stereocenters. The Bertz CT molecular complexity index is 838. The summed E-state index contributed by atoms with van der Waals surface area (Å²) in [5.41, 5.74) is 0.620. The smallest absolute Gasteiger partial charge is 0.257 e. The predicted octanol–water partition coefficient (Wildman–Crippen LogP) is 3.15. The van der Waals surface area contributed by atoms with Gasteiger partial charge in [-0.1, -0.05) is 12.1 Å². The maximum Gasteiger partial charge on any atom is 0.257 e. The highest BCUT2D eigenvalue weighted by atomic mass is 16.5. The van der Waals surface area contributed by atoms with Crippen LogP contribution < -0.4 is 4.74 Å². The predicted molar refractivity (Wildman–Crippen MR) is 87.5 cm³/mol. The number of rotatable bonds is 1. The number of hydrogen-bond donors (Lipinski definition) is 0. The Morgan fingerprint density at radius 2 is 2.04 bits per heavy atom. The van der Waals surface area contributed by atoms with Gasteiger partial charge in [-0.2, -0.15) is 0 Å². The van der Waals surface area contributed by atoms with Gasteiger partial charge in [0, 0.05) is 13.0 Å². The Hall–Kier alpha value is -2.56. The molecule has 2 aliphatic heterocycles. The second-order valence-electron chi connectivity index (χ2n) is 6.68. The zero-order valence-electron chi connectivity index (χ0n) is 13.8. The fourth-order valence-corrected chi connectivity index (χ4v) is 3.70. The van der Waals surface area contributed by atoms with Gasteiger partial charge in [0.05, 0.1) is 24.1 Å². The molecule has 4 rings (SSSR count). The van der Waals surface area contributed by atoms with Gasteiger partial charge in [0.25, 0.3) is 5.91 Å². The van der Waals surface area contributed by atoms with E-state index in [-0.39, 0.29) is 11.7 Å². The minimum atomic E-state index is -0.603. The zero-order valence-corrected chi connectivity index (χ0v) is 13.8. The molecule has 0 unspecified atom stereocenters. The fourth-order valence-electron chi connectivity index (χ4n) is 3.70. The summed E-state index contributed by atoms with van der Waals surface area (Å²) in [5.74, 6) is 2.00. The topological polar surface area (TPSA) is 59.8 Å². The van der Waals surface area contributed by atoms with Crippen molar-refractivity contribution in [3.63, 3.8) is 0 Å². The molecule has 1 spiro atoms. The lowest BCUT2D eigenvalue weighted by molar-refractivity contribution is 0.0428. The lowest BCUT2D eigenvalue weighted by Gasteiger charge is -2.34. The van der Waals surface area contributed by atoms with Crippen LogP contribution >= 0.6 is 0 Å². The van der Waals surface area contributed by atoms with Crippen molar-refractivity contribution in [2.24, 2.45) is 0 Å². The van der Waals surface area contributed by atoms with E-state index in [9.17, 15) is 9.59 Å². The molecule has 0 N–H and O–H groups in total. The van der Waals surface area contributed by atoms with E-state index in [1.807, 2.05) is 25.1 Å². The summed E-state index contributed by atoms with van der Waals surface area (Å²) in [6.45, 7) is 4.63. The van der Waals surface area contributed by atoms with Gasteiger partial charge < -0.3 is 14.1 Å². The SMILES string of the molecule is Cc1cc(C(=O)N2CC[C@]3(CC(=O)c4ccccc4O3)C2)c(C)o1.